The van der Waals surface area contributed by atoms with Crippen LogP contribution in [0, 0.1) is 16.7 Å². The first kappa shape index (κ1) is 17.0. The average molecular weight is 353 g/mol. The van der Waals surface area contributed by atoms with E-state index in [4.69, 9.17) is 22.3 Å². The van der Waals surface area contributed by atoms with E-state index in [0.717, 1.165) is 16.6 Å². The number of carbonyl (C=O) groups excluding carboxylic acids is 1. The highest BCUT2D eigenvalue weighted by atomic mass is 35.5. The Morgan fingerprint density at radius 2 is 1.96 bits per heavy atom. The van der Waals surface area contributed by atoms with Gasteiger partial charge in [-0.05, 0) is 42.3 Å². The number of nitrogens with one attached hydrogen (secondary N) is 1. The number of benzene rings is 2. The van der Waals surface area contributed by atoms with Crippen LogP contribution in [-0.2, 0) is 20.0 Å². The van der Waals surface area contributed by atoms with Gasteiger partial charge in [0.15, 0.2) is 5.78 Å². The van der Waals surface area contributed by atoms with Crippen LogP contribution >= 0.6 is 11.6 Å². The SMILES string of the molecule is Cn1c(=N)n(CC(=O)c2ccc(Cl)cc2)c2cccc(CCC#N)c21. The van der Waals surface area contributed by atoms with Crippen molar-refractivity contribution in [2.24, 2.45) is 7.05 Å². The van der Waals surface area contributed by atoms with Gasteiger partial charge in [0.05, 0.1) is 23.6 Å². The number of nitriles is 1. The number of rotatable bonds is 5. The largest absolute Gasteiger partial charge is 0.313 e. The molecule has 0 bridgehead atoms. The summed E-state index contributed by atoms with van der Waals surface area (Å²) in [4.78, 5) is 12.6. The molecule has 1 heterocycles. The molecule has 3 aromatic rings. The fourth-order valence-corrected chi connectivity index (χ4v) is 3.13. The molecule has 0 aliphatic heterocycles. The number of hydrogen-bond acceptors (Lipinski definition) is 3. The van der Waals surface area contributed by atoms with Gasteiger partial charge in [0.25, 0.3) is 0 Å². The predicted molar refractivity (Wildman–Crippen MR) is 96.5 cm³/mol. The van der Waals surface area contributed by atoms with Gasteiger partial charge in [0.1, 0.15) is 0 Å². The Hall–Kier alpha value is -2.84. The Labute approximate surface area is 150 Å². The highest BCUT2D eigenvalue weighted by Gasteiger charge is 2.15. The van der Waals surface area contributed by atoms with Crippen LogP contribution in [-0.4, -0.2) is 14.9 Å². The van der Waals surface area contributed by atoms with E-state index >= 15 is 0 Å². The monoisotopic (exact) mass is 352 g/mol. The molecule has 5 nitrogen and oxygen atoms in total. The maximum atomic E-state index is 12.6. The van der Waals surface area contributed by atoms with E-state index in [2.05, 4.69) is 6.07 Å². The topological polar surface area (TPSA) is 74.6 Å². The lowest BCUT2D eigenvalue weighted by molar-refractivity contribution is 0.0971. The normalized spacial score (nSPS) is 10.8. The van der Waals surface area contributed by atoms with Crippen molar-refractivity contribution in [2.75, 3.05) is 0 Å². The van der Waals surface area contributed by atoms with Crippen LogP contribution in [0.5, 0.6) is 0 Å². The lowest BCUT2D eigenvalue weighted by Crippen LogP contribution is -2.25. The van der Waals surface area contributed by atoms with Gasteiger partial charge in [-0.1, -0.05) is 23.7 Å². The molecule has 1 N–H and O–H groups in total. The fraction of sp³-hybridized carbons (Fsp3) is 0.211. The van der Waals surface area contributed by atoms with E-state index in [1.54, 1.807) is 33.4 Å². The number of carbonyl (C=O) groups is 1. The zero-order valence-corrected chi connectivity index (χ0v) is 14.5. The smallest absolute Gasteiger partial charge is 0.203 e. The van der Waals surface area contributed by atoms with Crippen LogP contribution in [0.3, 0.4) is 0 Å². The number of aryl methyl sites for hydroxylation is 2. The quantitative estimate of drug-likeness (QED) is 0.714. The van der Waals surface area contributed by atoms with Crippen molar-refractivity contribution in [2.45, 2.75) is 19.4 Å². The molecule has 1 aromatic heterocycles. The number of Topliss-reactive ketones (excluding diaryl/α,β-unsaturated/α-hetero) is 1. The van der Waals surface area contributed by atoms with Crippen molar-refractivity contribution in [1.82, 2.24) is 9.13 Å². The Bertz CT molecular complexity index is 1040. The molecule has 0 saturated heterocycles. The minimum Gasteiger partial charge on any atom is -0.313 e. The van der Waals surface area contributed by atoms with Crippen LogP contribution in [0.2, 0.25) is 5.02 Å². The highest BCUT2D eigenvalue weighted by molar-refractivity contribution is 6.30. The molecular weight excluding hydrogens is 336 g/mol. The van der Waals surface area contributed by atoms with E-state index in [0.29, 0.717) is 23.4 Å². The molecule has 2 aromatic carbocycles. The number of imidazole rings is 1. The molecule has 0 spiro atoms. The van der Waals surface area contributed by atoms with E-state index in [1.807, 2.05) is 25.2 Å². The summed E-state index contributed by atoms with van der Waals surface area (Å²) in [6, 6.07) is 14.7. The van der Waals surface area contributed by atoms with Crippen LogP contribution < -0.4 is 5.62 Å². The Morgan fingerprint density at radius 3 is 2.64 bits per heavy atom. The van der Waals surface area contributed by atoms with Crippen LogP contribution in [0.15, 0.2) is 42.5 Å². The number of nitrogens with zero attached hydrogens (tertiary/aromatic N) is 3. The molecule has 0 aliphatic carbocycles. The average Bonchev–Trinajstić information content (AvgIpc) is 2.86. The summed E-state index contributed by atoms with van der Waals surface area (Å²) in [5.74, 6) is -0.0786. The van der Waals surface area contributed by atoms with Crippen molar-refractivity contribution >= 4 is 28.4 Å². The third kappa shape index (κ3) is 3.21. The summed E-state index contributed by atoms with van der Waals surface area (Å²) in [6.07, 6.45) is 1.04. The molecule has 126 valence electrons. The zero-order chi connectivity index (χ0) is 18.0. The predicted octanol–water partition coefficient (Wildman–Crippen LogP) is 3.45. The van der Waals surface area contributed by atoms with Crippen molar-refractivity contribution < 1.29 is 4.79 Å². The summed E-state index contributed by atoms with van der Waals surface area (Å²) in [7, 11) is 1.81. The van der Waals surface area contributed by atoms with Crippen LogP contribution in [0.25, 0.3) is 11.0 Å². The van der Waals surface area contributed by atoms with Gasteiger partial charge < -0.3 is 9.13 Å². The summed E-state index contributed by atoms with van der Waals surface area (Å²) in [5.41, 5.74) is 3.54. The third-order valence-electron chi connectivity index (χ3n) is 4.27. The van der Waals surface area contributed by atoms with Crippen molar-refractivity contribution in [3.63, 3.8) is 0 Å². The number of halogens is 1. The minimum atomic E-state index is -0.0786. The first-order valence-corrected chi connectivity index (χ1v) is 8.28. The number of para-hydroxylation sites is 1. The van der Waals surface area contributed by atoms with E-state index in [-0.39, 0.29) is 17.9 Å². The second-order valence-corrected chi connectivity index (χ2v) is 6.28. The van der Waals surface area contributed by atoms with E-state index in [9.17, 15) is 4.79 Å². The van der Waals surface area contributed by atoms with Crippen molar-refractivity contribution in [3.8, 4) is 6.07 Å². The third-order valence-corrected chi connectivity index (χ3v) is 4.52. The second kappa shape index (κ2) is 6.96. The van der Waals surface area contributed by atoms with Gasteiger partial charge in [-0.15, -0.1) is 0 Å². The molecule has 6 heteroatoms. The molecule has 3 rings (SSSR count). The Morgan fingerprint density at radius 1 is 1.24 bits per heavy atom. The van der Waals surface area contributed by atoms with E-state index in [1.165, 1.54) is 0 Å². The molecule has 0 unspecified atom stereocenters. The zero-order valence-electron chi connectivity index (χ0n) is 13.8. The summed E-state index contributed by atoms with van der Waals surface area (Å²) >= 11 is 5.87. The maximum absolute atomic E-state index is 12.6. The van der Waals surface area contributed by atoms with E-state index < -0.39 is 0 Å². The van der Waals surface area contributed by atoms with Gasteiger partial charge >= 0.3 is 0 Å². The Kier molecular flexibility index (Phi) is 4.73. The molecule has 0 aliphatic rings. The molecular formula is C19H17ClN4O. The number of hydrogen-bond donors (Lipinski definition) is 1. The van der Waals surface area contributed by atoms with Gasteiger partial charge in [-0.3, -0.25) is 10.2 Å². The number of aromatic nitrogens is 2. The Balaban J connectivity index is 2.03. The molecule has 0 fully saturated rings. The van der Waals surface area contributed by atoms with Crippen molar-refractivity contribution in [3.05, 3.63) is 64.2 Å². The first-order valence-electron chi connectivity index (χ1n) is 7.90. The second-order valence-electron chi connectivity index (χ2n) is 5.84. The highest BCUT2D eigenvalue weighted by Crippen LogP contribution is 2.19. The lowest BCUT2D eigenvalue weighted by atomic mass is 10.1. The minimum absolute atomic E-state index is 0.0786. The van der Waals surface area contributed by atoms with Gasteiger partial charge in [-0.2, -0.15) is 5.26 Å². The molecule has 25 heavy (non-hydrogen) atoms. The first-order chi connectivity index (χ1) is 12.0. The van der Waals surface area contributed by atoms with Crippen molar-refractivity contribution in [1.29, 1.82) is 10.7 Å². The maximum Gasteiger partial charge on any atom is 0.203 e. The lowest BCUT2D eigenvalue weighted by Gasteiger charge is -2.05. The molecule has 0 atom stereocenters. The summed E-state index contributed by atoms with van der Waals surface area (Å²) in [6.45, 7) is 0.0828. The van der Waals surface area contributed by atoms with Gasteiger partial charge in [0, 0.05) is 24.1 Å². The van der Waals surface area contributed by atoms with Crippen LogP contribution in [0.4, 0.5) is 0 Å². The van der Waals surface area contributed by atoms with Crippen LogP contribution in [0.1, 0.15) is 22.3 Å². The summed E-state index contributed by atoms with van der Waals surface area (Å²) in [5, 5.41) is 17.8. The summed E-state index contributed by atoms with van der Waals surface area (Å²) < 4.78 is 3.46. The van der Waals surface area contributed by atoms with Gasteiger partial charge in [-0.25, -0.2) is 0 Å². The fourth-order valence-electron chi connectivity index (χ4n) is 3.01. The molecule has 0 radical (unpaired) electrons. The number of fused-ring (bicyclic) bond motifs is 1. The number of ketones is 1. The molecule has 0 amide bonds. The van der Waals surface area contributed by atoms with Gasteiger partial charge in [0.2, 0.25) is 5.62 Å². The standard InChI is InChI=1S/C19H17ClN4O/c1-23-18-14(5-3-11-21)4-2-6-16(18)24(19(23)22)12-17(25)13-7-9-15(20)10-8-13/h2,4,6-10,22H,3,5,12H2,1H3. The molecule has 0 saturated carbocycles.